The van der Waals surface area contributed by atoms with Crippen LogP contribution < -0.4 is 18.9 Å². The average Bonchev–Trinajstić information content (AvgIpc) is 1.27. The molecule has 8 heteroatoms. The second-order valence-corrected chi connectivity index (χ2v) is 36.9. The summed E-state index contributed by atoms with van der Waals surface area (Å²) in [6, 6.07) is 71.6. The molecule has 8 aliphatic carbocycles. The molecule has 16 aromatic rings. The highest BCUT2D eigenvalue weighted by atomic mass is 32.1. The van der Waals surface area contributed by atoms with Gasteiger partial charge < -0.3 is 18.9 Å². The molecule has 0 amide bonds. The van der Waals surface area contributed by atoms with E-state index in [1.165, 1.54) is 264 Å². The molecule has 0 radical (unpaired) electrons. The van der Waals surface area contributed by atoms with Gasteiger partial charge in [0.25, 0.3) is 0 Å². The van der Waals surface area contributed by atoms with Crippen LogP contribution in [0.25, 0.3) is 154 Å². The van der Waals surface area contributed by atoms with Gasteiger partial charge in [-0.25, -0.2) is 0 Å². The second kappa shape index (κ2) is 33.0. The van der Waals surface area contributed by atoms with Gasteiger partial charge in [-0.1, -0.05) is 170 Å². The molecular weight excluding hydrogens is 1540 g/mol. The molecule has 0 atom stereocenters. The third kappa shape index (κ3) is 13.5. The van der Waals surface area contributed by atoms with Crippen LogP contribution in [0.1, 0.15) is 140 Å². The fourth-order valence-corrected chi connectivity index (χ4v) is 24.7. The van der Waals surface area contributed by atoms with E-state index in [0.717, 1.165) is 61.5 Å². The summed E-state index contributed by atoms with van der Waals surface area (Å²) in [6.07, 6.45) is 42.4. The SMILES string of the molecule is COc1ccc(-c2c3c(c(-c4cccs4)c4c5c(ccc24)CC=C5)CCCC3)cc1.COc1ccc(-c2c3c(c(-c4cccs4)c4c5c(ccc24)CC=C5)CCCC3)cc1.COc1ccc(-c2c3c(c(-c4cccs4)c4ccc5c(c24)C=CC5)CCCC3)cc1.COc1ccc(-c2c3c(c(-c4cccs4)c4ccc5c(c24)C=CC5)CCCC3)cc1. The van der Waals surface area contributed by atoms with Gasteiger partial charge in [-0.05, 0) is 399 Å². The molecule has 4 heterocycles. The lowest BCUT2D eigenvalue weighted by molar-refractivity contribution is 0.415. The molecule has 0 saturated heterocycles. The maximum Gasteiger partial charge on any atom is 0.118 e. The third-order valence-corrected chi connectivity index (χ3v) is 30.3. The van der Waals surface area contributed by atoms with Crippen LogP contribution in [0.5, 0.6) is 23.0 Å². The van der Waals surface area contributed by atoms with E-state index in [4.69, 9.17) is 18.9 Å². The first kappa shape index (κ1) is 76.1. The molecule has 12 aromatic carbocycles. The minimum Gasteiger partial charge on any atom is -0.497 e. The molecule has 24 rings (SSSR count). The highest BCUT2D eigenvalue weighted by Gasteiger charge is 2.33. The predicted octanol–water partition coefficient (Wildman–Crippen LogP) is 30.8. The molecule has 4 aromatic heterocycles. The van der Waals surface area contributed by atoms with Gasteiger partial charge in [-0.2, -0.15) is 0 Å². The Morgan fingerprint density at radius 1 is 0.217 bits per heavy atom. The maximum atomic E-state index is 5.44. The quantitative estimate of drug-likeness (QED) is 0.122. The Morgan fingerprint density at radius 2 is 0.433 bits per heavy atom. The van der Waals surface area contributed by atoms with Crippen LogP contribution >= 0.6 is 45.3 Å². The van der Waals surface area contributed by atoms with Gasteiger partial charge in [-0.15, -0.1) is 45.3 Å². The summed E-state index contributed by atoms with van der Waals surface area (Å²) in [5, 5.41) is 20.3. The number of hydrogen-bond donors (Lipinski definition) is 0. The van der Waals surface area contributed by atoms with E-state index < -0.39 is 0 Å². The van der Waals surface area contributed by atoms with Crippen molar-refractivity contribution in [3.05, 3.63) is 329 Å². The first-order valence-electron chi connectivity index (χ1n) is 43.3. The number of benzene rings is 12. The fourth-order valence-electron chi connectivity index (χ4n) is 21.4. The first-order valence-corrected chi connectivity index (χ1v) is 46.8. The lowest BCUT2D eigenvalue weighted by Crippen LogP contribution is -2.08. The molecule has 0 N–H and O–H groups in total. The summed E-state index contributed by atoms with van der Waals surface area (Å²) >= 11 is 7.49. The van der Waals surface area contributed by atoms with Crippen molar-refractivity contribution in [1.29, 1.82) is 0 Å². The van der Waals surface area contributed by atoms with E-state index in [0.29, 0.717) is 0 Å². The van der Waals surface area contributed by atoms with Crippen molar-refractivity contribution >= 4 is 113 Å². The monoisotopic (exact) mass is 1630 g/mol. The van der Waals surface area contributed by atoms with E-state index in [1.807, 2.05) is 45.3 Å². The Morgan fingerprint density at radius 3 is 0.683 bits per heavy atom. The molecular formula is C112H96O4S4. The molecule has 0 saturated carbocycles. The standard InChI is InChI=1S/4C28H24OS/c2*1-29-20-14-11-19(12-15-20)26-22-7-2-3-8-23(22)27(25-10-5-17-30-25)24-16-13-18-6-4-9-21(18)28(24)26;2*1-29-20-14-11-19(12-15-20)26-22-7-2-3-8-23(22)28(25-10-5-17-30-25)27-21-9-4-6-18(21)13-16-24(26)27/h4*4-5,9-17H,2-3,6-8H2,1H3. The van der Waals surface area contributed by atoms with E-state index >= 15 is 0 Å². The number of thiophene rings is 4. The van der Waals surface area contributed by atoms with Crippen molar-refractivity contribution in [2.24, 2.45) is 0 Å². The average molecular weight is 1630 g/mol. The van der Waals surface area contributed by atoms with E-state index in [1.54, 1.807) is 72.9 Å². The minimum atomic E-state index is 0.913. The smallest absolute Gasteiger partial charge is 0.118 e. The summed E-state index contributed by atoms with van der Waals surface area (Å²) < 4.78 is 21.7. The van der Waals surface area contributed by atoms with Crippen LogP contribution in [0.4, 0.5) is 0 Å². The van der Waals surface area contributed by atoms with E-state index in [2.05, 4.69) is 264 Å². The number of allylic oxidation sites excluding steroid dienone is 4. The topological polar surface area (TPSA) is 36.9 Å². The van der Waals surface area contributed by atoms with E-state index in [9.17, 15) is 0 Å². The van der Waals surface area contributed by atoms with Crippen molar-refractivity contribution in [3.8, 4) is 109 Å². The number of rotatable bonds is 12. The highest BCUT2D eigenvalue weighted by molar-refractivity contribution is 7.14. The molecule has 0 spiro atoms. The number of hydrogen-bond acceptors (Lipinski definition) is 8. The van der Waals surface area contributed by atoms with Gasteiger partial charge in [0.1, 0.15) is 23.0 Å². The Balaban J connectivity index is 0.0000000990. The maximum absolute atomic E-state index is 5.44. The zero-order valence-electron chi connectivity index (χ0n) is 68.8. The Bertz CT molecular complexity index is 6340. The third-order valence-electron chi connectivity index (χ3n) is 26.8. The lowest BCUT2D eigenvalue weighted by Gasteiger charge is -2.27. The first-order chi connectivity index (χ1) is 59.4. The largest absolute Gasteiger partial charge is 0.497 e. The molecule has 0 fully saturated rings. The van der Waals surface area contributed by atoms with Crippen molar-refractivity contribution in [1.82, 2.24) is 0 Å². The zero-order chi connectivity index (χ0) is 80.3. The highest BCUT2D eigenvalue weighted by Crippen LogP contribution is 2.55. The van der Waals surface area contributed by atoms with Crippen LogP contribution in [0.3, 0.4) is 0 Å². The Hall–Kier alpha value is -11.4. The van der Waals surface area contributed by atoms with Gasteiger partial charge in [-0.3, -0.25) is 0 Å². The van der Waals surface area contributed by atoms with E-state index in [-0.39, 0.29) is 0 Å². The molecule has 8 aliphatic rings. The summed E-state index contributed by atoms with van der Waals surface area (Å²) in [4.78, 5) is 5.63. The Kier molecular flexibility index (Phi) is 20.9. The Labute approximate surface area is 721 Å². The zero-order valence-corrected chi connectivity index (χ0v) is 72.1. The molecule has 0 aliphatic heterocycles. The fraction of sp³-hybridized carbons (Fsp3) is 0.214. The molecule has 120 heavy (non-hydrogen) atoms. The number of fused-ring (bicyclic) bond motifs is 16. The molecule has 592 valence electrons. The van der Waals surface area contributed by atoms with Crippen LogP contribution in [0, 0.1) is 0 Å². The summed E-state index contributed by atoms with van der Waals surface area (Å²) in [7, 11) is 6.94. The molecule has 0 bridgehead atoms. The predicted molar refractivity (Wildman–Crippen MR) is 515 cm³/mol. The summed E-state index contributed by atoms with van der Waals surface area (Å²) in [6.45, 7) is 0. The number of ether oxygens (including phenoxy) is 4. The van der Waals surface area contributed by atoms with Gasteiger partial charge in [0, 0.05) is 41.8 Å². The normalized spacial score (nSPS) is 14.7. The lowest BCUT2D eigenvalue weighted by atomic mass is 9.78. The van der Waals surface area contributed by atoms with Gasteiger partial charge in [0.2, 0.25) is 0 Å². The van der Waals surface area contributed by atoms with Gasteiger partial charge >= 0.3 is 0 Å². The van der Waals surface area contributed by atoms with Crippen molar-refractivity contribution < 1.29 is 18.9 Å². The second-order valence-electron chi connectivity index (χ2n) is 33.1. The van der Waals surface area contributed by atoms with Gasteiger partial charge in [0.05, 0.1) is 28.4 Å². The minimum absolute atomic E-state index is 0.913. The summed E-state index contributed by atoms with van der Waals surface area (Å²) in [5.74, 6) is 3.65. The van der Waals surface area contributed by atoms with Crippen LogP contribution in [0.15, 0.2) is 240 Å². The molecule has 0 unspecified atom stereocenters. The number of methoxy groups -OCH3 is 4. The van der Waals surface area contributed by atoms with Crippen molar-refractivity contribution in [2.75, 3.05) is 28.4 Å². The van der Waals surface area contributed by atoms with Crippen LogP contribution in [-0.4, -0.2) is 28.4 Å². The summed E-state index contributed by atoms with van der Waals surface area (Å²) in [5.41, 5.74) is 41.0. The van der Waals surface area contributed by atoms with Gasteiger partial charge in [0.15, 0.2) is 0 Å². The van der Waals surface area contributed by atoms with Crippen molar-refractivity contribution in [2.45, 2.75) is 128 Å². The van der Waals surface area contributed by atoms with Crippen LogP contribution in [-0.2, 0) is 77.0 Å². The van der Waals surface area contributed by atoms with Crippen LogP contribution in [0.2, 0.25) is 0 Å². The molecule has 4 nitrogen and oxygen atoms in total. The van der Waals surface area contributed by atoms with Crippen molar-refractivity contribution in [3.63, 3.8) is 0 Å².